The number of benzene rings is 2. The fourth-order valence-corrected chi connectivity index (χ4v) is 3.28. The Morgan fingerprint density at radius 1 is 1.09 bits per heavy atom. The number of carboxylic acid groups (broad SMARTS) is 1. The van der Waals surface area contributed by atoms with Gasteiger partial charge in [0.1, 0.15) is 11.5 Å². The molecule has 0 radical (unpaired) electrons. The summed E-state index contributed by atoms with van der Waals surface area (Å²) in [5.41, 5.74) is 1.43. The molecular weight excluding hydrogens is 412 g/mol. The fourth-order valence-electron chi connectivity index (χ4n) is 3.28. The van der Waals surface area contributed by atoms with E-state index < -0.39 is 17.6 Å². The lowest BCUT2D eigenvalue weighted by Crippen LogP contribution is -2.42. The number of rotatable bonds is 9. The third-order valence-corrected chi connectivity index (χ3v) is 5.05. The van der Waals surface area contributed by atoms with Gasteiger partial charge in [0, 0.05) is 12.2 Å². The molecule has 0 bridgehead atoms. The topological polar surface area (TPSA) is 96.4 Å². The molecule has 0 fully saturated rings. The van der Waals surface area contributed by atoms with E-state index >= 15 is 0 Å². The standard InChI is InChI=1S/C24H30N2O6/c1-7-26(19-8-10-20(31-6)11-9-19)23(30)25(15-27)14-18-12-16(2)21(17(3)13-18)32-24(4,5)22(28)29/h8-13,15H,7,14H2,1-6H3,(H,28,29). The highest BCUT2D eigenvalue weighted by Gasteiger charge is 2.31. The van der Waals surface area contributed by atoms with Crippen LogP contribution in [0.4, 0.5) is 10.5 Å². The average Bonchev–Trinajstić information content (AvgIpc) is 2.75. The predicted octanol–water partition coefficient (Wildman–Crippen LogP) is 4.16. The number of imide groups is 1. The first kappa shape index (κ1) is 24.7. The smallest absolute Gasteiger partial charge is 0.347 e. The van der Waals surface area contributed by atoms with E-state index in [1.165, 1.54) is 18.7 Å². The summed E-state index contributed by atoms with van der Waals surface area (Å²) in [5, 5.41) is 9.33. The average molecular weight is 443 g/mol. The minimum Gasteiger partial charge on any atom is -0.497 e. The third-order valence-electron chi connectivity index (χ3n) is 5.05. The van der Waals surface area contributed by atoms with E-state index in [-0.39, 0.29) is 6.54 Å². The van der Waals surface area contributed by atoms with Crippen molar-refractivity contribution >= 4 is 24.1 Å². The highest BCUT2D eigenvalue weighted by atomic mass is 16.5. The summed E-state index contributed by atoms with van der Waals surface area (Å²) < 4.78 is 10.9. The number of urea groups is 1. The zero-order valence-electron chi connectivity index (χ0n) is 19.3. The summed E-state index contributed by atoms with van der Waals surface area (Å²) in [6.45, 7) is 8.83. The van der Waals surface area contributed by atoms with Crippen molar-refractivity contribution in [3.05, 3.63) is 53.1 Å². The Hall–Kier alpha value is -3.55. The lowest BCUT2D eigenvalue weighted by molar-refractivity contribution is -0.152. The van der Waals surface area contributed by atoms with Crippen molar-refractivity contribution in [2.24, 2.45) is 0 Å². The van der Waals surface area contributed by atoms with Crippen LogP contribution in [0.15, 0.2) is 36.4 Å². The van der Waals surface area contributed by atoms with E-state index in [4.69, 9.17) is 9.47 Å². The van der Waals surface area contributed by atoms with Crippen LogP contribution < -0.4 is 14.4 Å². The maximum atomic E-state index is 13.1. The minimum atomic E-state index is -1.39. The maximum Gasteiger partial charge on any atom is 0.347 e. The molecule has 1 N–H and O–H groups in total. The Morgan fingerprint density at radius 3 is 2.09 bits per heavy atom. The summed E-state index contributed by atoms with van der Waals surface area (Å²) >= 11 is 0. The van der Waals surface area contributed by atoms with E-state index in [9.17, 15) is 19.5 Å². The molecule has 172 valence electrons. The lowest BCUT2D eigenvalue weighted by Gasteiger charge is -2.27. The third kappa shape index (κ3) is 5.57. The van der Waals surface area contributed by atoms with Gasteiger partial charge in [0.2, 0.25) is 6.41 Å². The Kier molecular flexibility index (Phi) is 7.86. The number of carboxylic acids is 1. The number of carbonyl (C=O) groups excluding carboxylic acids is 2. The largest absolute Gasteiger partial charge is 0.497 e. The second-order valence-corrected chi connectivity index (χ2v) is 7.93. The zero-order valence-corrected chi connectivity index (χ0v) is 19.3. The highest BCUT2D eigenvalue weighted by molar-refractivity contribution is 5.97. The first-order chi connectivity index (χ1) is 15.0. The van der Waals surface area contributed by atoms with E-state index in [1.54, 1.807) is 57.4 Å². The van der Waals surface area contributed by atoms with Crippen molar-refractivity contribution in [2.75, 3.05) is 18.6 Å². The molecule has 2 aromatic carbocycles. The first-order valence-corrected chi connectivity index (χ1v) is 10.2. The Morgan fingerprint density at radius 2 is 1.66 bits per heavy atom. The van der Waals surface area contributed by atoms with Gasteiger partial charge >= 0.3 is 12.0 Å². The van der Waals surface area contributed by atoms with Crippen LogP contribution in [0.1, 0.15) is 37.5 Å². The molecule has 8 heteroatoms. The van der Waals surface area contributed by atoms with Crippen molar-refractivity contribution < 1.29 is 29.0 Å². The zero-order chi connectivity index (χ0) is 24.1. The van der Waals surface area contributed by atoms with Crippen LogP contribution in [0.25, 0.3) is 0 Å². The van der Waals surface area contributed by atoms with Crippen LogP contribution in [0.2, 0.25) is 0 Å². The second kappa shape index (κ2) is 10.2. The molecule has 0 heterocycles. The number of aliphatic carboxylic acids is 1. The molecule has 32 heavy (non-hydrogen) atoms. The normalized spacial score (nSPS) is 10.9. The molecule has 0 saturated heterocycles. The quantitative estimate of drug-likeness (QED) is 0.586. The summed E-state index contributed by atoms with van der Waals surface area (Å²) in [4.78, 5) is 38.8. The lowest BCUT2D eigenvalue weighted by atomic mass is 10.0. The van der Waals surface area contributed by atoms with Gasteiger partial charge in [-0.3, -0.25) is 14.6 Å². The molecule has 2 rings (SSSR count). The van der Waals surface area contributed by atoms with E-state index in [2.05, 4.69) is 0 Å². The molecule has 0 aliphatic heterocycles. The molecule has 8 nitrogen and oxygen atoms in total. The number of amides is 3. The molecule has 0 aliphatic carbocycles. The summed E-state index contributed by atoms with van der Waals surface area (Å²) in [6, 6.07) is 10.1. The van der Waals surface area contributed by atoms with Gasteiger partial charge in [-0.25, -0.2) is 9.59 Å². The Balaban J connectivity index is 2.26. The summed E-state index contributed by atoms with van der Waals surface area (Å²) in [6.07, 6.45) is 0.511. The summed E-state index contributed by atoms with van der Waals surface area (Å²) in [5.74, 6) is 0.0682. The second-order valence-electron chi connectivity index (χ2n) is 7.93. The molecule has 0 unspecified atom stereocenters. The number of anilines is 1. The monoisotopic (exact) mass is 442 g/mol. The molecule has 0 atom stereocenters. The Labute approximate surface area is 188 Å². The first-order valence-electron chi connectivity index (χ1n) is 10.2. The molecule has 3 amide bonds. The molecule has 0 aliphatic rings. The summed E-state index contributed by atoms with van der Waals surface area (Å²) in [7, 11) is 1.56. The van der Waals surface area contributed by atoms with Crippen molar-refractivity contribution in [1.29, 1.82) is 0 Å². The van der Waals surface area contributed by atoms with Gasteiger partial charge in [-0.1, -0.05) is 12.1 Å². The van der Waals surface area contributed by atoms with Crippen LogP contribution in [0.3, 0.4) is 0 Å². The van der Waals surface area contributed by atoms with Crippen LogP contribution in [-0.4, -0.2) is 47.7 Å². The highest BCUT2D eigenvalue weighted by Crippen LogP contribution is 2.29. The molecular formula is C24H30N2O6. The maximum absolute atomic E-state index is 13.1. The van der Waals surface area contributed by atoms with Crippen LogP contribution in [-0.2, 0) is 16.1 Å². The van der Waals surface area contributed by atoms with Crippen LogP contribution in [0.5, 0.6) is 11.5 Å². The predicted molar refractivity (Wildman–Crippen MR) is 121 cm³/mol. The van der Waals surface area contributed by atoms with E-state index in [0.29, 0.717) is 30.1 Å². The fraction of sp³-hybridized carbons (Fsp3) is 0.375. The molecule has 0 aromatic heterocycles. The number of aryl methyl sites for hydroxylation is 2. The van der Waals surface area contributed by atoms with Crippen LogP contribution >= 0.6 is 0 Å². The van der Waals surface area contributed by atoms with Gasteiger partial charge in [0.25, 0.3) is 0 Å². The van der Waals surface area contributed by atoms with Gasteiger partial charge in [-0.05, 0) is 75.6 Å². The van der Waals surface area contributed by atoms with Crippen molar-refractivity contribution in [3.8, 4) is 11.5 Å². The molecule has 0 saturated carbocycles. The SMILES string of the molecule is CCN(C(=O)N(C=O)Cc1cc(C)c(OC(C)(C)C(=O)O)c(C)c1)c1ccc(OC)cc1. The Bertz CT molecular complexity index is 961. The van der Waals surface area contributed by atoms with Crippen LogP contribution in [0, 0.1) is 13.8 Å². The van der Waals surface area contributed by atoms with E-state index in [1.807, 2.05) is 6.92 Å². The van der Waals surface area contributed by atoms with Gasteiger partial charge in [0.15, 0.2) is 5.60 Å². The van der Waals surface area contributed by atoms with Gasteiger partial charge in [-0.15, -0.1) is 0 Å². The van der Waals surface area contributed by atoms with Crippen molar-refractivity contribution in [3.63, 3.8) is 0 Å². The van der Waals surface area contributed by atoms with E-state index in [0.717, 1.165) is 21.6 Å². The molecule has 0 spiro atoms. The van der Waals surface area contributed by atoms with Gasteiger partial charge in [0.05, 0.1) is 13.7 Å². The van der Waals surface area contributed by atoms with Crippen molar-refractivity contribution in [1.82, 2.24) is 4.90 Å². The van der Waals surface area contributed by atoms with Gasteiger partial charge in [-0.2, -0.15) is 0 Å². The number of methoxy groups -OCH3 is 1. The number of carbonyl (C=O) groups is 3. The van der Waals surface area contributed by atoms with Gasteiger partial charge < -0.3 is 14.6 Å². The number of hydrogen-bond donors (Lipinski definition) is 1. The number of hydrogen-bond acceptors (Lipinski definition) is 5. The number of ether oxygens (including phenoxy) is 2. The van der Waals surface area contributed by atoms with Crippen molar-refractivity contribution in [2.45, 2.75) is 46.8 Å². The number of nitrogens with zero attached hydrogens (tertiary/aromatic N) is 2. The minimum absolute atomic E-state index is 0.0687. The molecule has 2 aromatic rings.